The summed E-state index contributed by atoms with van der Waals surface area (Å²) >= 11 is 1.13. The highest BCUT2D eigenvalue weighted by Gasteiger charge is 2.31. The maximum atomic E-state index is 12.9. The van der Waals surface area contributed by atoms with Crippen molar-refractivity contribution in [1.82, 2.24) is 9.78 Å². The van der Waals surface area contributed by atoms with Crippen LogP contribution in [0.15, 0.2) is 6.07 Å². The lowest BCUT2D eigenvalue weighted by Crippen LogP contribution is -2.21. The van der Waals surface area contributed by atoms with Crippen LogP contribution < -0.4 is 5.32 Å². The van der Waals surface area contributed by atoms with E-state index in [9.17, 15) is 28.5 Å². The second-order valence-electron chi connectivity index (χ2n) is 5.17. The monoisotopic (exact) mass is 388 g/mol. The maximum absolute atomic E-state index is 12.9. The zero-order valence-electron chi connectivity index (χ0n) is 13.9. The maximum Gasteiger partial charge on any atom is 0.340 e. The number of amides is 1. The van der Waals surface area contributed by atoms with Crippen LogP contribution in [0, 0.1) is 24.0 Å². The van der Waals surface area contributed by atoms with Crippen LogP contribution in [0.3, 0.4) is 0 Å². The van der Waals surface area contributed by atoms with E-state index in [-0.39, 0.29) is 16.3 Å². The first-order chi connectivity index (χ1) is 12.1. The van der Waals surface area contributed by atoms with E-state index in [1.807, 2.05) is 0 Å². The molecule has 2 aromatic rings. The average molecular weight is 388 g/mol. The molecule has 0 fully saturated rings. The third-order valence-electron chi connectivity index (χ3n) is 3.40. The Labute approximate surface area is 149 Å². The molecule has 0 atom stereocenters. The Bertz CT molecular complexity index is 877. The Hall–Kier alpha value is -2.89. The summed E-state index contributed by atoms with van der Waals surface area (Å²) in [5, 5.41) is 17.1. The predicted molar refractivity (Wildman–Crippen MR) is 87.6 cm³/mol. The van der Waals surface area contributed by atoms with Crippen LogP contribution in [0.5, 0.6) is 0 Å². The highest BCUT2D eigenvalue weighted by molar-refractivity contribution is 7.16. The quantitative estimate of drug-likeness (QED) is 0.462. The number of carbonyl (C=O) groups excluding carboxylic acids is 2. The van der Waals surface area contributed by atoms with E-state index in [4.69, 9.17) is 0 Å². The van der Waals surface area contributed by atoms with Crippen molar-refractivity contribution in [3.05, 3.63) is 38.0 Å². The number of nitrogens with one attached hydrogen (secondary N) is 1. The van der Waals surface area contributed by atoms with Crippen LogP contribution in [-0.4, -0.2) is 33.7 Å². The molecule has 0 saturated carbocycles. The molecular weight excluding hydrogens is 374 g/mol. The summed E-state index contributed by atoms with van der Waals surface area (Å²) in [6.45, 7) is 2.42. The van der Waals surface area contributed by atoms with Gasteiger partial charge in [0.25, 0.3) is 6.43 Å². The van der Waals surface area contributed by atoms with Crippen molar-refractivity contribution in [3.63, 3.8) is 0 Å². The predicted octanol–water partition coefficient (Wildman–Crippen LogP) is 2.83. The summed E-state index contributed by atoms with van der Waals surface area (Å²) < 4.78 is 31.3. The summed E-state index contributed by atoms with van der Waals surface area (Å²) in [6, 6.07) is 1.53. The Kier molecular flexibility index (Phi) is 5.65. The van der Waals surface area contributed by atoms with Gasteiger partial charge in [0.1, 0.15) is 17.2 Å². The number of nitro groups is 1. The molecule has 0 radical (unpaired) electrons. The molecule has 2 aromatic heterocycles. The van der Waals surface area contributed by atoms with Gasteiger partial charge in [-0.3, -0.25) is 19.6 Å². The molecule has 0 saturated heterocycles. The number of anilines is 1. The molecule has 0 aliphatic carbocycles. The van der Waals surface area contributed by atoms with Crippen molar-refractivity contribution < 1.29 is 28.0 Å². The first kappa shape index (κ1) is 19.4. The molecule has 140 valence electrons. The Morgan fingerprint density at radius 3 is 2.62 bits per heavy atom. The molecule has 1 amide bonds. The fourth-order valence-electron chi connectivity index (χ4n) is 2.26. The van der Waals surface area contributed by atoms with Crippen LogP contribution in [-0.2, 0) is 16.1 Å². The lowest BCUT2D eigenvalue weighted by atomic mass is 10.3. The topological polar surface area (TPSA) is 116 Å². The van der Waals surface area contributed by atoms with E-state index in [1.54, 1.807) is 6.92 Å². The second kappa shape index (κ2) is 7.56. The Morgan fingerprint density at radius 2 is 2.12 bits per heavy atom. The molecule has 0 aliphatic rings. The standard InChI is InChI=1S/C14H14F2N4O5S/c1-6-4-8(14(22)25-3)13(26-6)17-9(21)5-19-7(2)11(20(23)24)10(18-19)12(15)16/h4,12H,5H2,1-3H3,(H,17,21). The van der Waals surface area contributed by atoms with Gasteiger partial charge in [-0.25, -0.2) is 13.6 Å². The van der Waals surface area contributed by atoms with Crippen molar-refractivity contribution in [2.75, 3.05) is 12.4 Å². The fraction of sp³-hybridized carbons (Fsp3) is 0.357. The summed E-state index contributed by atoms with van der Waals surface area (Å²) in [5.41, 5.74) is -1.84. The minimum absolute atomic E-state index is 0.153. The molecule has 0 spiro atoms. The van der Waals surface area contributed by atoms with Gasteiger partial charge >= 0.3 is 11.7 Å². The van der Waals surface area contributed by atoms with E-state index < -0.39 is 41.2 Å². The van der Waals surface area contributed by atoms with Gasteiger partial charge in [-0.05, 0) is 19.9 Å². The first-order valence-electron chi connectivity index (χ1n) is 7.14. The number of thiophene rings is 1. The number of hydrogen-bond donors (Lipinski definition) is 1. The molecule has 0 aromatic carbocycles. The molecule has 1 N–H and O–H groups in total. The van der Waals surface area contributed by atoms with Crippen molar-refractivity contribution in [3.8, 4) is 0 Å². The molecule has 0 bridgehead atoms. The van der Waals surface area contributed by atoms with Crippen LogP contribution >= 0.6 is 11.3 Å². The van der Waals surface area contributed by atoms with Crippen molar-refractivity contribution >= 4 is 33.9 Å². The van der Waals surface area contributed by atoms with E-state index in [0.29, 0.717) is 0 Å². The SMILES string of the molecule is COC(=O)c1cc(C)sc1NC(=O)Cn1nc(C(F)F)c([N+](=O)[O-])c1C. The van der Waals surface area contributed by atoms with Gasteiger partial charge in [0.15, 0.2) is 0 Å². The number of nitrogens with zero attached hydrogens (tertiary/aromatic N) is 3. The molecule has 2 rings (SSSR count). The zero-order valence-corrected chi connectivity index (χ0v) is 14.7. The molecule has 2 heterocycles. The molecule has 0 unspecified atom stereocenters. The summed E-state index contributed by atoms with van der Waals surface area (Å²) in [5.74, 6) is -1.33. The number of carbonyl (C=O) groups is 2. The minimum atomic E-state index is -3.15. The molecule has 0 aliphatic heterocycles. The molecule has 26 heavy (non-hydrogen) atoms. The van der Waals surface area contributed by atoms with Crippen molar-refractivity contribution in [1.29, 1.82) is 0 Å². The van der Waals surface area contributed by atoms with Crippen LogP contribution in [0.4, 0.5) is 19.5 Å². The minimum Gasteiger partial charge on any atom is -0.465 e. The van der Waals surface area contributed by atoms with Gasteiger partial charge in [0.05, 0.1) is 17.6 Å². The third-order valence-corrected chi connectivity index (χ3v) is 4.36. The number of esters is 1. The van der Waals surface area contributed by atoms with E-state index in [1.165, 1.54) is 20.1 Å². The molecule has 9 nitrogen and oxygen atoms in total. The fourth-order valence-corrected chi connectivity index (χ4v) is 3.17. The lowest BCUT2D eigenvalue weighted by Gasteiger charge is -2.06. The largest absolute Gasteiger partial charge is 0.465 e. The molecular formula is C14H14F2N4O5S. The van der Waals surface area contributed by atoms with Crippen molar-refractivity contribution in [2.24, 2.45) is 0 Å². The highest BCUT2D eigenvalue weighted by Crippen LogP contribution is 2.31. The van der Waals surface area contributed by atoms with Gasteiger partial charge in [-0.1, -0.05) is 0 Å². The van der Waals surface area contributed by atoms with Crippen LogP contribution in [0.25, 0.3) is 0 Å². The number of aromatic nitrogens is 2. The number of rotatable bonds is 6. The first-order valence-corrected chi connectivity index (χ1v) is 7.95. The normalized spacial score (nSPS) is 10.8. The number of halogens is 2. The van der Waals surface area contributed by atoms with Crippen molar-refractivity contribution in [2.45, 2.75) is 26.8 Å². The summed E-state index contributed by atoms with van der Waals surface area (Å²) in [4.78, 5) is 34.6. The van der Waals surface area contributed by atoms with Crippen LogP contribution in [0.1, 0.15) is 33.0 Å². The smallest absolute Gasteiger partial charge is 0.340 e. The number of aryl methyl sites for hydroxylation is 1. The number of hydrogen-bond acceptors (Lipinski definition) is 7. The highest BCUT2D eigenvalue weighted by atomic mass is 32.1. The van der Waals surface area contributed by atoms with Gasteiger partial charge < -0.3 is 10.1 Å². The summed E-state index contributed by atoms with van der Waals surface area (Å²) in [6.07, 6.45) is -3.15. The number of methoxy groups -OCH3 is 1. The third kappa shape index (κ3) is 3.85. The second-order valence-corrected chi connectivity index (χ2v) is 6.43. The van der Waals surface area contributed by atoms with Gasteiger partial charge in [0.2, 0.25) is 11.6 Å². The number of alkyl halides is 2. The van der Waals surface area contributed by atoms with Gasteiger partial charge in [-0.15, -0.1) is 11.3 Å². The van der Waals surface area contributed by atoms with E-state index >= 15 is 0 Å². The Balaban J connectivity index is 2.25. The van der Waals surface area contributed by atoms with Gasteiger partial charge in [0, 0.05) is 4.88 Å². The zero-order chi connectivity index (χ0) is 19.6. The molecule has 12 heteroatoms. The van der Waals surface area contributed by atoms with E-state index in [2.05, 4.69) is 15.2 Å². The Morgan fingerprint density at radius 1 is 1.46 bits per heavy atom. The van der Waals surface area contributed by atoms with E-state index in [0.717, 1.165) is 20.9 Å². The van der Waals surface area contributed by atoms with Gasteiger partial charge in [-0.2, -0.15) is 5.10 Å². The average Bonchev–Trinajstić information content (AvgIpc) is 3.07. The number of ether oxygens (including phenoxy) is 1. The lowest BCUT2D eigenvalue weighted by molar-refractivity contribution is -0.386. The summed E-state index contributed by atoms with van der Waals surface area (Å²) in [7, 11) is 1.19. The van der Waals surface area contributed by atoms with Crippen LogP contribution in [0.2, 0.25) is 0 Å².